The first-order valence-corrected chi connectivity index (χ1v) is 9.62. The highest BCUT2D eigenvalue weighted by Crippen LogP contribution is 2.32. The Labute approximate surface area is 164 Å². The number of ether oxygens (including phenoxy) is 2. The molecule has 1 aliphatic rings. The lowest BCUT2D eigenvalue weighted by atomic mass is 10.0. The van der Waals surface area contributed by atoms with Gasteiger partial charge in [-0.2, -0.15) is 0 Å². The molecule has 0 amide bonds. The standard InChI is InChI=1S/C23H25FO4/c1-27-23(26)22-17(11-8-16-9-12-18(24)13-10-16)14-20(15-21(22)25)28-19-6-4-2-3-5-7-19/h8-15,19,25H,2-7H2,1H3/b11-8+. The van der Waals surface area contributed by atoms with Gasteiger partial charge in [0.15, 0.2) is 0 Å². The number of carbonyl (C=O) groups excluding carboxylic acids is 1. The number of halogens is 1. The first-order valence-electron chi connectivity index (χ1n) is 9.62. The van der Waals surface area contributed by atoms with Crippen LogP contribution in [0.15, 0.2) is 36.4 Å². The van der Waals surface area contributed by atoms with E-state index < -0.39 is 5.97 Å². The fourth-order valence-electron chi connectivity index (χ4n) is 3.46. The lowest BCUT2D eigenvalue weighted by Crippen LogP contribution is -2.15. The Kier molecular flexibility index (Phi) is 6.69. The lowest BCUT2D eigenvalue weighted by Gasteiger charge is -2.18. The third kappa shape index (κ3) is 5.12. The molecule has 2 aromatic carbocycles. The minimum absolute atomic E-state index is 0.0779. The van der Waals surface area contributed by atoms with Crippen LogP contribution >= 0.6 is 0 Å². The summed E-state index contributed by atoms with van der Waals surface area (Å²) in [6.45, 7) is 0. The van der Waals surface area contributed by atoms with Gasteiger partial charge < -0.3 is 14.6 Å². The van der Waals surface area contributed by atoms with Crippen LogP contribution < -0.4 is 4.74 Å². The molecule has 1 N–H and O–H groups in total. The molecule has 1 saturated carbocycles. The Morgan fingerprint density at radius 2 is 1.75 bits per heavy atom. The second kappa shape index (κ2) is 9.40. The van der Waals surface area contributed by atoms with E-state index >= 15 is 0 Å². The molecule has 0 aliphatic heterocycles. The third-order valence-corrected chi connectivity index (χ3v) is 4.94. The van der Waals surface area contributed by atoms with Crippen molar-refractivity contribution in [1.29, 1.82) is 0 Å². The molecule has 2 aromatic rings. The fourth-order valence-corrected chi connectivity index (χ4v) is 3.46. The lowest BCUT2D eigenvalue weighted by molar-refractivity contribution is 0.0597. The normalized spacial score (nSPS) is 15.4. The van der Waals surface area contributed by atoms with Gasteiger partial charge in [-0.15, -0.1) is 0 Å². The van der Waals surface area contributed by atoms with Crippen molar-refractivity contribution in [1.82, 2.24) is 0 Å². The summed E-state index contributed by atoms with van der Waals surface area (Å²) >= 11 is 0. The predicted octanol–water partition coefficient (Wildman–Crippen LogP) is 5.59. The Balaban J connectivity index is 1.90. The molecule has 0 spiro atoms. The van der Waals surface area contributed by atoms with Crippen LogP contribution in [0.4, 0.5) is 4.39 Å². The first-order chi connectivity index (χ1) is 13.6. The molecule has 0 saturated heterocycles. The van der Waals surface area contributed by atoms with Crippen LogP contribution in [0, 0.1) is 5.82 Å². The van der Waals surface area contributed by atoms with Crippen molar-refractivity contribution in [3.8, 4) is 11.5 Å². The molecule has 0 unspecified atom stereocenters. The molecule has 0 heterocycles. The van der Waals surface area contributed by atoms with Crippen molar-refractivity contribution in [2.24, 2.45) is 0 Å². The minimum atomic E-state index is -0.628. The maximum Gasteiger partial charge on any atom is 0.342 e. The number of aromatic hydroxyl groups is 1. The molecule has 4 nitrogen and oxygen atoms in total. The van der Waals surface area contributed by atoms with Gasteiger partial charge in [-0.1, -0.05) is 37.1 Å². The van der Waals surface area contributed by atoms with E-state index in [9.17, 15) is 14.3 Å². The van der Waals surface area contributed by atoms with Crippen LogP contribution in [0.2, 0.25) is 0 Å². The summed E-state index contributed by atoms with van der Waals surface area (Å²) in [5.41, 5.74) is 1.33. The minimum Gasteiger partial charge on any atom is -0.507 e. The van der Waals surface area contributed by atoms with Gasteiger partial charge in [0.2, 0.25) is 0 Å². The Morgan fingerprint density at radius 1 is 1.07 bits per heavy atom. The topological polar surface area (TPSA) is 55.8 Å². The summed E-state index contributed by atoms with van der Waals surface area (Å²) in [5, 5.41) is 10.4. The highest BCUT2D eigenvalue weighted by Gasteiger charge is 2.20. The molecule has 3 rings (SSSR count). The van der Waals surface area contributed by atoms with E-state index in [0.29, 0.717) is 11.3 Å². The summed E-state index contributed by atoms with van der Waals surface area (Å²) in [5.74, 6) is -0.603. The van der Waals surface area contributed by atoms with E-state index in [4.69, 9.17) is 9.47 Å². The zero-order valence-electron chi connectivity index (χ0n) is 16.0. The van der Waals surface area contributed by atoms with E-state index in [-0.39, 0.29) is 23.2 Å². The number of carbonyl (C=O) groups is 1. The molecule has 148 valence electrons. The van der Waals surface area contributed by atoms with Crippen LogP contribution in [-0.2, 0) is 4.74 Å². The maximum absolute atomic E-state index is 13.1. The summed E-state index contributed by atoms with van der Waals surface area (Å²) in [7, 11) is 1.27. The van der Waals surface area contributed by atoms with Crippen molar-refractivity contribution in [2.75, 3.05) is 7.11 Å². The van der Waals surface area contributed by atoms with E-state index in [1.54, 1.807) is 30.4 Å². The third-order valence-electron chi connectivity index (χ3n) is 4.94. The predicted molar refractivity (Wildman–Crippen MR) is 107 cm³/mol. The van der Waals surface area contributed by atoms with Crippen LogP contribution in [0.5, 0.6) is 11.5 Å². The number of phenolic OH excluding ortho intramolecular Hbond substituents is 1. The van der Waals surface area contributed by atoms with Gasteiger partial charge in [-0.25, -0.2) is 9.18 Å². The second-order valence-electron chi connectivity index (χ2n) is 7.01. The smallest absolute Gasteiger partial charge is 0.342 e. The number of rotatable bonds is 5. The van der Waals surface area contributed by atoms with Crippen molar-refractivity contribution >= 4 is 18.1 Å². The van der Waals surface area contributed by atoms with Gasteiger partial charge in [-0.05, 0) is 55.0 Å². The zero-order chi connectivity index (χ0) is 19.9. The average Bonchev–Trinajstić information content (AvgIpc) is 2.95. The fraction of sp³-hybridized carbons (Fsp3) is 0.348. The van der Waals surface area contributed by atoms with E-state index in [1.165, 1.54) is 38.2 Å². The van der Waals surface area contributed by atoms with Gasteiger partial charge in [0.1, 0.15) is 22.9 Å². The number of benzene rings is 2. The number of esters is 1. The molecule has 1 aliphatic carbocycles. The monoisotopic (exact) mass is 384 g/mol. The molecule has 0 radical (unpaired) electrons. The van der Waals surface area contributed by atoms with E-state index in [2.05, 4.69) is 0 Å². The second-order valence-corrected chi connectivity index (χ2v) is 7.01. The highest BCUT2D eigenvalue weighted by atomic mass is 19.1. The molecular weight excluding hydrogens is 359 g/mol. The number of hydrogen-bond acceptors (Lipinski definition) is 4. The summed E-state index contributed by atoms with van der Waals surface area (Å²) in [6.07, 6.45) is 10.2. The maximum atomic E-state index is 13.1. The molecule has 0 atom stereocenters. The first kappa shape index (κ1) is 19.9. The van der Waals surface area contributed by atoms with Crippen molar-refractivity contribution in [2.45, 2.75) is 44.6 Å². The Morgan fingerprint density at radius 3 is 2.39 bits per heavy atom. The molecule has 1 fully saturated rings. The number of hydrogen-bond donors (Lipinski definition) is 1. The van der Waals surface area contributed by atoms with E-state index in [1.807, 2.05) is 0 Å². The number of phenols is 1. The molecule has 5 heteroatoms. The summed E-state index contributed by atoms with van der Waals surface area (Å²) in [4.78, 5) is 12.2. The van der Waals surface area contributed by atoms with Gasteiger partial charge in [0.25, 0.3) is 0 Å². The van der Waals surface area contributed by atoms with Crippen molar-refractivity contribution in [3.05, 3.63) is 58.9 Å². The average molecular weight is 384 g/mol. The molecule has 28 heavy (non-hydrogen) atoms. The van der Waals surface area contributed by atoms with Crippen LogP contribution in [0.1, 0.15) is 60.0 Å². The Hall–Kier alpha value is -2.82. The quantitative estimate of drug-likeness (QED) is 0.415. The molecule has 0 bridgehead atoms. The van der Waals surface area contributed by atoms with Crippen molar-refractivity contribution in [3.63, 3.8) is 0 Å². The SMILES string of the molecule is COC(=O)c1c(O)cc(OC2CCCCCC2)cc1/C=C/c1ccc(F)cc1. The molecule has 0 aromatic heterocycles. The van der Waals surface area contributed by atoms with Gasteiger partial charge in [0.05, 0.1) is 13.2 Å². The van der Waals surface area contributed by atoms with Gasteiger partial charge in [0, 0.05) is 6.07 Å². The zero-order valence-corrected chi connectivity index (χ0v) is 16.0. The largest absolute Gasteiger partial charge is 0.507 e. The highest BCUT2D eigenvalue weighted by molar-refractivity contribution is 5.98. The Bertz CT molecular complexity index is 834. The number of methoxy groups -OCH3 is 1. The van der Waals surface area contributed by atoms with Crippen molar-refractivity contribution < 1.29 is 23.8 Å². The van der Waals surface area contributed by atoms with Crippen LogP contribution in [0.3, 0.4) is 0 Å². The van der Waals surface area contributed by atoms with Gasteiger partial charge in [-0.3, -0.25) is 0 Å². The van der Waals surface area contributed by atoms with Crippen LogP contribution in [0.25, 0.3) is 12.2 Å². The van der Waals surface area contributed by atoms with E-state index in [0.717, 1.165) is 31.2 Å². The molecular formula is C23H25FO4. The van der Waals surface area contributed by atoms with Crippen LogP contribution in [-0.4, -0.2) is 24.3 Å². The summed E-state index contributed by atoms with van der Waals surface area (Å²) < 4.78 is 24.0. The van der Waals surface area contributed by atoms with Gasteiger partial charge >= 0.3 is 5.97 Å². The summed E-state index contributed by atoms with van der Waals surface area (Å²) in [6, 6.07) is 9.20.